The third-order valence-electron chi connectivity index (χ3n) is 5.48. The maximum absolute atomic E-state index is 13.6. The van der Waals surface area contributed by atoms with Crippen LogP contribution in [0.2, 0.25) is 0 Å². The molecule has 5 heteroatoms. The summed E-state index contributed by atoms with van der Waals surface area (Å²) in [5.74, 6) is -1.50. The zero-order chi connectivity index (χ0) is 20.6. The Hall–Kier alpha value is -3.99. The number of nitrogens with one attached hydrogen (secondary N) is 1. The predicted octanol–water partition coefficient (Wildman–Crippen LogP) is 4.43. The summed E-state index contributed by atoms with van der Waals surface area (Å²) in [4.78, 5) is 32.5. The highest BCUT2D eigenvalue weighted by Gasteiger charge is 2.62. The number of ketones is 1. The van der Waals surface area contributed by atoms with E-state index in [1.165, 1.54) is 0 Å². The molecule has 0 radical (unpaired) electrons. The number of rotatable bonds is 4. The van der Waals surface area contributed by atoms with Crippen molar-refractivity contribution in [1.29, 1.82) is 0 Å². The van der Waals surface area contributed by atoms with Gasteiger partial charge in [-0.1, -0.05) is 90.1 Å². The Bertz CT molecular complexity index is 1190. The lowest BCUT2D eigenvalue weighted by Gasteiger charge is -2.26. The molecule has 2 aliphatic heterocycles. The van der Waals surface area contributed by atoms with E-state index in [9.17, 15) is 9.59 Å². The molecule has 5 rings (SSSR count). The van der Waals surface area contributed by atoms with Crippen LogP contribution in [0.15, 0.2) is 96.2 Å². The van der Waals surface area contributed by atoms with Crippen molar-refractivity contribution in [1.82, 2.24) is 0 Å². The zero-order valence-corrected chi connectivity index (χ0v) is 16.0. The first-order chi connectivity index (χ1) is 14.7. The smallest absolute Gasteiger partial charge is 0.277 e. The number of hydrogen-bond donors (Lipinski definition) is 1. The van der Waals surface area contributed by atoms with Gasteiger partial charge in [0.25, 0.3) is 11.5 Å². The number of amides is 1. The van der Waals surface area contributed by atoms with Gasteiger partial charge in [0.05, 0.1) is 5.71 Å². The number of allylic oxidation sites excluding steroid dienone is 1. The molecule has 0 saturated heterocycles. The van der Waals surface area contributed by atoms with Crippen LogP contribution in [0.25, 0.3) is 6.08 Å². The average molecular weight is 394 g/mol. The number of nitrogens with zero attached hydrogens (tertiary/aromatic N) is 1. The Labute approximate surface area is 173 Å². The Morgan fingerprint density at radius 2 is 1.57 bits per heavy atom. The lowest BCUT2D eigenvalue weighted by atomic mass is 9.75. The van der Waals surface area contributed by atoms with E-state index in [4.69, 9.17) is 4.84 Å². The molecule has 0 bridgehead atoms. The van der Waals surface area contributed by atoms with Gasteiger partial charge >= 0.3 is 0 Å². The van der Waals surface area contributed by atoms with Gasteiger partial charge in [0, 0.05) is 16.8 Å². The Balaban J connectivity index is 1.62. The van der Waals surface area contributed by atoms with Crippen LogP contribution in [0, 0.1) is 5.92 Å². The highest BCUT2D eigenvalue weighted by Crippen LogP contribution is 2.49. The SMILES string of the molecule is O=C(c1ccccc1)[C@H]1C(/C=C/c2ccccc2)=NO[C@@]12C(=O)Nc1ccccc12. The van der Waals surface area contributed by atoms with Crippen LogP contribution in [0.3, 0.4) is 0 Å². The first kappa shape index (κ1) is 18.1. The fourth-order valence-corrected chi connectivity index (χ4v) is 4.03. The summed E-state index contributed by atoms with van der Waals surface area (Å²) >= 11 is 0. The molecule has 0 unspecified atom stereocenters. The van der Waals surface area contributed by atoms with Crippen molar-refractivity contribution in [2.75, 3.05) is 5.32 Å². The van der Waals surface area contributed by atoms with Crippen LogP contribution < -0.4 is 5.32 Å². The van der Waals surface area contributed by atoms with E-state index in [2.05, 4.69) is 10.5 Å². The molecule has 0 saturated carbocycles. The summed E-state index contributed by atoms with van der Waals surface area (Å²) in [6.45, 7) is 0. The van der Waals surface area contributed by atoms with Gasteiger partial charge < -0.3 is 10.2 Å². The zero-order valence-electron chi connectivity index (χ0n) is 16.0. The van der Waals surface area contributed by atoms with Crippen molar-refractivity contribution < 1.29 is 14.4 Å². The summed E-state index contributed by atoms with van der Waals surface area (Å²) < 4.78 is 0. The van der Waals surface area contributed by atoms with Crippen molar-refractivity contribution >= 4 is 29.2 Å². The largest absolute Gasteiger partial charge is 0.373 e. The molecule has 3 aromatic carbocycles. The van der Waals surface area contributed by atoms with Crippen molar-refractivity contribution in [3.05, 3.63) is 108 Å². The summed E-state index contributed by atoms with van der Waals surface area (Å²) in [5.41, 5.74) is 1.63. The van der Waals surface area contributed by atoms with Crippen molar-refractivity contribution in [3.63, 3.8) is 0 Å². The Kier molecular flexibility index (Phi) is 4.29. The van der Waals surface area contributed by atoms with Crippen molar-refractivity contribution in [2.24, 2.45) is 11.1 Å². The molecular weight excluding hydrogens is 376 g/mol. The maximum atomic E-state index is 13.6. The number of Topliss-reactive ketones (excluding diaryl/α,β-unsaturated/α-hetero) is 1. The summed E-state index contributed by atoms with van der Waals surface area (Å²) in [6, 6.07) is 25.9. The number of anilines is 1. The number of hydrogen-bond acceptors (Lipinski definition) is 4. The molecule has 0 aliphatic carbocycles. The quantitative estimate of drug-likeness (QED) is 0.666. The van der Waals surface area contributed by atoms with Crippen LogP contribution in [-0.2, 0) is 15.2 Å². The number of benzene rings is 3. The molecule has 2 heterocycles. The number of carbonyl (C=O) groups excluding carboxylic acids is 2. The Morgan fingerprint density at radius 3 is 2.33 bits per heavy atom. The van der Waals surface area contributed by atoms with Crippen LogP contribution in [0.1, 0.15) is 21.5 Å². The normalized spacial score (nSPS) is 21.9. The molecule has 0 aromatic heterocycles. The van der Waals surface area contributed by atoms with Gasteiger partial charge in [-0.15, -0.1) is 0 Å². The minimum absolute atomic E-state index is 0.212. The molecule has 146 valence electrons. The van der Waals surface area contributed by atoms with E-state index in [-0.39, 0.29) is 11.7 Å². The molecule has 1 spiro atoms. The number of fused-ring (bicyclic) bond motifs is 2. The molecule has 3 aromatic rings. The second kappa shape index (κ2) is 7.12. The third kappa shape index (κ3) is 2.75. The molecule has 2 aliphatic rings. The standard InChI is InChI=1S/C25H18N2O3/c28-23(18-11-5-2-6-12-18)22-21(16-15-17-9-3-1-4-10-17)27-30-25(22)19-13-7-8-14-20(19)26-24(25)29/h1-16,22H,(H,26,29)/b16-15+/t22-,25-/m1/s1. The minimum atomic E-state index is -1.51. The van der Waals surface area contributed by atoms with E-state index in [0.717, 1.165) is 5.56 Å². The second-order valence-electron chi connectivity index (χ2n) is 7.25. The topological polar surface area (TPSA) is 67.8 Å². The lowest BCUT2D eigenvalue weighted by Crippen LogP contribution is -2.46. The van der Waals surface area contributed by atoms with Crippen LogP contribution in [-0.4, -0.2) is 17.4 Å². The van der Waals surface area contributed by atoms with E-state index in [1.807, 2.05) is 54.6 Å². The van der Waals surface area contributed by atoms with Gasteiger partial charge in [0.15, 0.2) is 5.78 Å². The second-order valence-corrected chi connectivity index (χ2v) is 7.25. The minimum Gasteiger partial charge on any atom is -0.373 e. The van der Waals surface area contributed by atoms with Gasteiger partial charge in [0.2, 0.25) is 0 Å². The van der Waals surface area contributed by atoms with Gasteiger partial charge in [-0.3, -0.25) is 9.59 Å². The van der Waals surface area contributed by atoms with Gasteiger partial charge in [0.1, 0.15) is 5.92 Å². The molecule has 2 atom stereocenters. The average Bonchev–Trinajstić information content (AvgIpc) is 3.32. The first-order valence-corrected chi connectivity index (χ1v) is 9.69. The molecule has 0 fully saturated rings. The first-order valence-electron chi connectivity index (χ1n) is 9.69. The van der Waals surface area contributed by atoms with Crippen molar-refractivity contribution in [2.45, 2.75) is 5.60 Å². The molecule has 5 nitrogen and oxygen atoms in total. The highest BCUT2D eigenvalue weighted by molar-refractivity contribution is 6.23. The summed E-state index contributed by atoms with van der Waals surface area (Å²) in [7, 11) is 0. The Morgan fingerprint density at radius 1 is 0.900 bits per heavy atom. The van der Waals surface area contributed by atoms with E-state index in [0.29, 0.717) is 22.5 Å². The third-order valence-corrected chi connectivity index (χ3v) is 5.48. The van der Waals surface area contributed by atoms with Gasteiger partial charge in [-0.2, -0.15) is 0 Å². The summed E-state index contributed by atoms with van der Waals surface area (Å²) in [6.07, 6.45) is 3.62. The molecule has 30 heavy (non-hydrogen) atoms. The van der Waals surface area contributed by atoms with Crippen molar-refractivity contribution in [3.8, 4) is 0 Å². The highest BCUT2D eigenvalue weighted by atomic mass is 16.7. The van der Waals surface area contributed by atoms with Crippen LogP contribution in [0.5, 0.6) is 0 Å². The van der Waals surface area contributed by atoms with E-state index in [1.54, 1.807) is 42.5 Å². The number of carbonyl (C=O) groups is 2. The number of oxime groups is 1. The fraction of sp³-hybridized carbons (Fsp3) is 0.0800. The monoisotopic (exact) mass is 394 g/mol. The van der Waals surface area contributed by atoms with E-state index < -0.39 is 11.5 Å². The van der Waals surface area contributed by atoms with Gasteiger partial charge in [-0.25, -0.2) is 0 Å². The maximum Gasteiger partial charge on any atom is 0.277 e. The predicted molar refractivity (Wildman–Crippen MR) is 115 cm³/mol. The van der Waals surface area contributed by atoms with Crippen LogP contribution >= 0.6 is 0 Å². The van der Waals surface area contributed by atoms with Gasteiger partial charge in [-0.05, 0) is 17.7 Å². The fourth-order valence-electron chi connectivity index (χ4n) is 4.03. The summed E-state index contributed by atoms with van der Waals surface area (Å²) in [5, 5.41) is 7.06. The van der Waals surface area contributed by atoms with Crippen LogP contribution in [0.4, 0.5) is 5.69 Å². The lowest BCUT2D eigenvalue weighted by molar-refractivity contribution is -0.140. The molecule has 1 N–H and O–H groups in total. The molecular formula is C25H18N2O3. The molecule has 1 amide bonds. The number of para-hydroxylation sites is 1. The van der Waals surface area contributed by atoms with E-state index >= 15 is 0 Å².